The number of thiophene rings is 1. The first kappa shape index (κ1) is 29.2. The Labute approximate surface area is 144 Å². The number of hydrogen-bond donors (Lipinski definition) is 0. The maximum absolute atomic E-state index is 10.9. The number of ether oxygens (including phenoxy) is 1. The van der Waals surface area contributed by atoms with Gasteiger partial charge >= 0.3 is 0 Å². The van der Waals surface area contributed by atoms with Crippen LogP contribution < -0.4 is 0 Å². The van der Waals surface area contributed by atoms with E-state index in [0.29, 0.717) is 6.42 Å². The van der Waals surface area contributed by atoms with E-state index in [4.69, 9.17) is 4.74 Å². The Balaban J connectivity index is -0.000000115. The molecule has 1 atom stereocenters. The largest absolute Gasteiger partial charge is 0.380 e. The molecular formula is C17H35BNO2S. The van der Waals surface area contributed by atoms with E-state index in [1.165, 1.54) is 0 Å². The second-order valence-electron chi connectivity index (χ2n) is 3.46. The molecule has 1 fully saturated rings. The SMILES string of the molecule is CC.CC.CC.COC1CCC(=O)N(C)C1.[B].c1ccsc1. The summed E-state index contributed by atoms with van der Waals surface area (Å²) in [6, 6.07) is 4.04. The number of likely N-dealkylation sites (N-methyl/N-ethyl adjacent to an activating group) is 1. The molecule has 0 aliphatic carbocycles. The van der Waals surface area contributed by atoms with E-state index in [2.05, 4.69) is 0 Å². The normalized spacial score (nSPS) is 15.0. The van der Waals surface area contributed by atoms with Gasteiger partial charge in [0.15, 0.2) is 0 Å². The van der Waals surface area contributed by atoms with Crippen molar-refractivity contribution in [3.8, 4) is 0 Å². The first-order chi connectivity index (χ1) is 10.2. The van der Waals surface area contributed by atoms with E-state index >= 15 is 0 Å². The number of hydrogen-bond acceptors (Lipinski definition) is 3. The highest BCUT2D eigenvalue weighted by Gasteiger charge is 2.21. The molecule has 0 N–H and O–H groups in total. The number of rotatable bonds is 1. The lowest BCUT2D eigenvalue weighted by Gasteiger charge is -2.28. The quantitative estimate of drug-likeness (QED) is 0.699. The minimum atomic E-state index is 0. The Morgan fingerprint density at radius 1 is 1.09 bits per heavy atom. The van der Waals surface area contributed by atoms with Gasteiger partial charge in [0.25, 0.3) is 0 Å². The molecule has 1 aliphatic rings. The number of piperidine rings is 1. The summed E-state index contributed by atoms with van der Waals surface area (Å²) in [4.78, 5) is 12.6. The third-order valence-electron chi connectivity index (χ3n) is 2.34. The first-order valence-electron chi connectivity index (χ1n) is 7.98. The van der Waals surface area contributed by atoms with Crippen molar-refractivity contribution < 1.29 is 9.53 Å². The first-order valence-corrected chi connectivity index (χ1v) is 8.92. The van der Waals surface area contributed by atoms with Crippen molar-refractivity contribution in [2.24, 2.45) is 0 Å². The van der Waals surface area contributed by atoms with Gasteiger partial charge < -0.3 is 9.64 Å². The lowest BCUT2D eigenvalue weighted by molar-refractivity contribution is -0.135. The van der Waals surface area contributed by atoms with Crippen LogP contribution in [0.3, 0.4) is 0 Å². The fraction of sp³-hybridized carbons (Fsp3) is 0.706. The van der Waals surface area contributed by atoms with Crippen molar-refractivity contribution in [2.45, 2.75) is 60.5 Å². The maximum Gasteiger partial charge on any atom is 0.222 e. The zero-order chi connectivity index (χ0) is 17.1. The number of carbonyl (C=O) groups is 1. The standard InChI is InChI=1S/C7H13NO2.C4H4S.3C2H6.B/c1-8-5-6(10-2)3-4-7(8)9;1-2-4-5-3-1;3*1-2;/h6H,3-5H2,1-2H3;1-4H;3*1-2H3;. The molecule has 2 heterocycles. The van der Waals surface area contributed by atoms with Gasteiger partial charge in [-0.1, -0.05) is 53.7 Å². The lowest BCUT2D eigenvalue weighted by Crippen LogP contribution is -2.40. The molecule has 1 aliphatic heterocycles. The van der Waals surface area contributed by atoms with Crippen LogP contribution in [0, 0.1) is 0 Å². The van der Waals surface area contributed by atoms with Gasteiger partial charge in [-0.15, -0.1) is 0 Å². The van der Waals surface area contributed by atoms with Crippen LogP contribution in [0.2, 0.25) is 0 Å². The maximum atomic E-state index is 10.9. The Bertz CT molecular complexity index is 265. The number of methoxy groups -OCH3 is 1. The van der Waals surface area contributed by atoms with Crippen LogP contribution in [-0.2, 0) is 9.53 Å². The van der Waals surface area contributed by atoms with Gasteiger partial charge in [0.05, 0.1) is 6.10 Å². The van der Waals surface area contributed by atoms with Crippen LogP contribution >= 0.6 is 11.3 Å². The summed E-state index contributed by atoms with van der Waals surface area (Å²) in [5.41, 5.74) is 0. The molecule has 1 unspecified atom stereocenters. The fourth-order valence-electron chi connectivity index (χ4n) is 1.39. The van der Waals surface area contributed by atoms with Crippen molar-refractivity contribution in [2.75, 3.05) is 20.7 Å². The summed E-state index contributed by atoms with van der Waals surface area (Å²) < 4.78 is 5.12. The van der Waals surface area contributed by atoms with Crippen molar-refractivity contribution >= 4 is 25.7 Å². The summed E-state index contributed by atoms with van der Waals surface area (Å²) in [6.07, 6.45) is 1.76. The van der Waals surface area contributed by atoms with Crippen molar-refractivity contribution in [1.82, 2.24) is 4.90 Å². The van der Waals surface area contributed by atoms with E-state index in [1.807, 2.05) is 71.5 Å². The summed E-state index contributed by atoms with van der Waals surface area (Å²) in [5.74, 6) is 0.230. The molecule has 1 saturated heterocycles. The Morgan fingerprint density at radius 3 is 1.82 bits per heavy atom. The molecule has 0 saturated carbocycles. The van der Waals surface area contributed by atoms with E-state index in [0.717, 1.165) is 13.0 Å². The van der Waals surface area contributed by atoms with Gasteiger partial charge in [-0.3, -0.25) is 4.79 Å². The van der Waals surface area contributed by atoms with Gasteiger partial charge in [0, 0.05) is 35.5 Å². The summed E-state index contributed by atoms with van der Waals surface area (Å²) >= 11 is 1.71. The van der Waals surface area contributed by atoms with Crippen LogP contribution in [0.1, 0.15) is 54.4 Å². The molecule has 0 spiro atoms. The minimum absolute atomic E-state index is 0. The molecule has 3 radical (unpaired) electrons. The van der Waals surface area contributed by atoms with E-state index < -0.39 is 0 Å². The Hall–Kier alpha value is -0.805. The molecule has 1 aromatic rings. The second-order valence-corrected chi connectivity index (χ2v) is 4.28. The molecule has 3 nitrogen and oxygen atoms in total. The molecule has 1 aromatic heterocycles. The fourth-order valence-corrected chi connectivity index (χ4v) is 1.85. The zero-order valence-electron chi connectivity index (χ0n) is 15.8. The molecule has 129 valence electrons. The van der Waals surface area contributed by atoms with Crippen LogP contribution in [0.15, 0.2) is 22.9 Å². The Morgan fingerprint density at radius 2 is 1.55 bits per heavy atom. The third kappa shape index (κ3) is 17.2. The average Bonchev–Trinajstić information content (AvgIpc) is 3.15. The van der Waals surface area contributed by atoms with Crippen LogP contribution in [0.5, 0.6) is 0 Å². The second kappa shape index (κ2) is 25.2. The third-order valence-corrected chi connectivity index (χ3v) is 2.97. The molecule has 1 amide bonds. The molecule has 22 heavy (non-hydrogen) atoms. The molecule has 0 aromatic carbocycles. The number of carbonyl (C=O) groups excluding carboxylic acids is 1. The van der Waals surface area contributed by atoms with Gasteiger partial charge in [-0.25, -0.2) is 0 Å². The molecule has 0 bridgehead atoms. The van der Waals surface area contributed by atoms with Crippen LogP contribution in [0.4, 0.5) is 0 Å². The summed E-state index contributed by atoms with van der Waals surface area (Å²) in [5, 5.41) is 4.08. The average molecular weight is 328 g/mol. The number of nitrogens with zero attached hydrogens (tertiary/aromatic N) is 1. The van der Waals surface area contributed by atoms with E-state index in [9.17, 15) is 4.79 Å². The lowest BCUT2D eigenvalue weighted by atomic mass is 10.1. The van der Waals surface area contributed by atoms with Crippen molar-refractivity contribution in [1.29, 1.82) is 0 Å². The number of likely N-dealkylation sites (tertiary alicyclic amines) is 1. The highest BCUT2D eigenvalue weighted by molar-refractivity contribution is 7.07. The van der Waals surface area contributed by atoms with Gasteiger partial charge in [-0.05, 0) is 17.2 Å². The topological polar surface area (TPSA) is 29.5 Å². The van der Waals surface area contributed by atoms with Gasteiger partial charge in [0.2, 0.25) is 5.91 Å². The smallest absolute Gasteiger partial charge is 0.222 e. The van der Waals surface area contributed by atoms with E-state index in [1.54, 1.807) is 23.3 Å². The van der Waals surface area contributed by atoms with Crippen LogP contribution in [-0.4, -0.2) is 46.0 Å². The highest BCUT2D eigenvalue weighted by atomic mass is 32.1. The minimum Gasteiger partial charge on any atom is -0.380 e. The van der Waals surface area contributed by atoms with Crippen LogP contribution in [0.25, 0.3) is 0 Å². The van der Waals surface area contributed by atoms with E-state index in [-0.39, 0.29) is 20.4 Å². The predicted octanol–water partition coefficient (Wildman–Crippen LogP) is 4.70. The molecule has 5 heteroatoms. The van der Waals surface area contributed by atoms with Gasteiger partial charge in [0.1, 0.15) is 0 Å². The monoisotopic (exact) mass is 328 g/mol. The summed E-state index contributed by atoms with van der Waals surface area (Å²) in [6.45, 7) is 12.7. The zero-order valence-corrected chi connectivity index (χ0v) is 16.6. The van der Waals surface area contributed by atoms with Gasteiger partial charge in [-0.2, -0.15) is 11.3 Å². The Kier molecular flexibility index (Phi) is 33.4. The molecular weight excluding hydrogens is 293 g/mol. The van der Waals surface area contributed by atoms with Crippen molar-refractivity contribution in [3.05, 3.63) is 22.9 Å². The predicted molar refractivity (Wildman–Crippen MR) is 102 cm³/mol. The highest BCUT2D eigenvalue weighted by Crippen LogP contribution is 2.11. The number of amides is 1. The summed E-state index contributed by atoms with van der Waals surface area (Å²) in [7, 11) is 3.50. The molecule has 2 rings (SSSR count). The van der Waals surface area contributed by atoms with Crippen molar-refractivity contribution in [3.63, 3.8) is 0 Å².